The molecule has 146 valence electrons. The summed E-state index contributed by atoms with van der Waals surface area (Å²) >= 11 is 0. The maximum absolute atomic E-state index is 6.02. The van der Waals surface area contributed by atoms with Crippen LogP contribution in [0.3, 0.4) is 0 Å². The molecular weight excluding hydrogens is 338 g/mol. The Morgan fingerprint density at radius 1 is 1.15 bits per heavy atom. The lowest BCUT2D eigenvalue weighted by atomic mass is 10.0. The minimum absolute atomic E-state index is 0.359. The van der Waals surface area contributed by atoms with Crippen LogP contribution in [-0.4, -0.2) is 43.2 Å². The van der Waals surface area contributed by atoms with E-state index in [1.807, 2.05) is 12.3 Å². The first kappa shape index (κ1) is 19.6. The van der Waals surface area contributed by atoms with E-state index in [-0.39, 0.29) is 0 Å². The number of hydrogen-bond acceptors (Lipinski definition) is 5. The minimum atomic E-state index is 0.359. The molecule has 2 N–H and O–H groups in total. The maximum Gasteiger partial charge on any atom is 0.163 e. The number of hydrogen-bond donors (Lipinski definition) is 1. The second kappa shape index (κ2) is 9.20. The van der Waals surface area contributed by atoms with E-state index < -0.39 is 0 Å². The molecule has 2 heterocycles. The highest BCUT2D eigenvalue weighted by Crippen LogP contribution is 2.36. The summed E-state index contributed by atoms with van der Waals surface area (Å²) in [6.07, 6.45) is 6.05. The quantitative estimate of drug-likeness (QED) is 0.807. The van der Waals surface area contributed by atoms with Gasteiger partial charge in [0, 0.05) is 24.3 Å². The molecule has 0 aliphatic carbocycles. The van der Waals surface area contributed by atoms with Crippen LogP contribution >= 0.6 is 0 Å². The Morgan fingerprint density at radius 3 is 2.59 bits per heavy atom. The molecule has 5 heteroatoms. The second-order valence-corrected chi connectivity index (χ2v) is 7.28. The fraction of sp³-hybridized carbons (Fsp3) is 0.500. The standard InChI is InChI=1S/C22H31N3O2/c1-4-5-17-13-18(14-21(26-2)22(17)27-3)20-12-16(6-9-24-20)15-25-10-7-19(23)8-11-25/h6,9,12-14,19H,4-5,7-8,10-11,15,23H2,1-3H3. The van der Waals surface area contributed by atoms with Crippen molar-refractivity contribution in [3.05, 3.63) is 41.6 Å². The van der Waals surface area contributed by atoms with Gasteiger partial charge in [-0.2, -0.15) is 0 Å². The molecule has 0 bridgehead atoms. The fourth-order valence-corrected chi connectivity index (χ4v) is 3.75. The highest BCUT2D eigenvalue weighted by molar-refractivity contribution is 5.67. The van der Waals surface area contributed by atoms with E-state index in [4.69, 9.17) is 15.2 Å². The molecule has 1 aliphatic heterocycles. The average molecular weight is 370 g/mol. The van der Waals surface area contributed by atoms with Crippen molar-refractivity contribution in [1.82, 2.24) is 9.88 Å². The molecule has 0 spiro atoms. The van der Waals surface area contributed by atoms with Crippen LogP contribution in [0.5, 0.6) is 11.5 Å². The van der Waals surface area contributed by atoms with Crippen molar-refractivity contribution in [2.75, 3.05) is 27.3 Å². The topological polar surface area (TPSA) is 60.6 Å². The van der Waals surface area contributed by atoms with Crippen molar-refractivity contribution < 1.29 is 9.47 Å². The molecule has 27 heavy (non-hydrogen) atoms. The van der Waals surface area contributed by atoms with Crippen LogP contribution in [0, 0.1) is 0 Å². The first-order valence-corrected chi connectivity index (χ1v) is 9.82. The average Bonchev–Trinajstić information content (AvgIpc) is 2.69. The Labute approximate surface area is 162 Å². The number of likely N-dealkylation sites (tertiary alicyclic amines) is 1. The highest BCUT2D eigenvalue weighted by atomic mass is 16.5. The molecule has 0 amide bonds. The van der Waals surface area contributed by atoms with E-state index in [0.717, 1.165) is 73.6 Å². The number of rotatable bonds is 7. The molecule has 0 unspecified atom stereocenters. The van der Waals surface area contributed by atoms with E-state index in [1.54, 1.807) is 14.2 Å². The van der Waals surface area contributed by atoms with Crippen molar-refractivity contribution in [3.8, 4) is 22.8 Å². The monoisotopic (exact) mass is 369 g/mol. The van der Waals surface area contributed by atoms with Crippen LogP contribution in [0.1, 0.15) is 37.3 Å². The summed E-state index contributed by atoms with van der Waals surface area (Å²) in [6, 6.07) is 8.84. The predicted molar refractivity (Wildman–Crippen MR) is 109 cm³/mol. The van der Waals surface area contributed by atoms with Crippen LogP contribution in [0.25, 0.3) is 11.3 Å². The van der Waals surface area contributed by atoms with Gasteiger partial charge in [0.15, 0.2) is 11.5 Å². The first-order chi connectivity index (χ1) is 13.1. The van der Waals surface area contributed by atoms with E-state index in [1.165, 1.54) is 5.56 Å². The molecule has 0 radical (unpaired) electrons. The molecule has 1 saturated heterocycles. The summed E-state index contributed by atoms with van der Waals surface area (Å²) in [6.45, 7) is 5.24. The number of nitrogens with zero attached hydrogens (tertiary/aromatic N) is 2. The van der Waals surface area contributed by atoms with Crippen molar-refractivity contribution in [2.24, 2.45) is 5.73 Å². The zero-order valence-corrected chi connectivity index (χ0v) is 16.7. The number of ether oxygens (including phenoxy) is 2. The SMILES string of the molecule is CCCc1cc(-c2cc(CN3CCC(N)CC3)ccn2)cc(OC)c1OC. The molecular formula is C22H31N3O2. The first-order valence-electron chi connectivity index (χ1n) is 9.82. The van der Waals surface area contributed by atoms with Crippen LogP contribution < -0.4 is 15.2 Å². The minimum Gasteiger partial charge on any atom is -0.493 e. The Morgan fingerprint density at radius 2 is 1.93 bits per heavy atom. The fourth-order valence-electron chi connectivity index (χ4n) is 3.75. The summed E-state index contributed by atoms with van der Waals surface area (Å²) in [5.41, 5.74) is 10.5. The summed E-state index contributed by atoms with van der Waals surface area (Å²) in [5, 5.41) is 0. The number of nitrogens with two attached hydrogens (primary N) is 1. The van der Waals surface area contributed by atoms with Crippen LogP contribution in [0.15, 0.2) is 30.5 Å². The molecule has 5 nitrogen and oxygen atoms in total. The summed E-state index contributed by atoms with van der Waals surface area (Å²) < 4.78 is 11.2. The third kappa shape index (κ3) is 4.79. The van der Waals surface area contributed by atoms with Crippen molar-refractivity contribution in [2.45, 2.75) is 45.2 Å². The van der Waals surface area contributed by atoms with Crippen molar-refractivity contribution >= 4 is 0 Å². The number of piperidine rings is 1. The third-order valence-electron chi connectivity index (χ3n) is 5.23. The Balaban J connectivity index is 1.86. The van der Waals surface area contributed by atoms with Gasteiger partial charge < -0.3 is 15.2 Å². The Bertz CT molecular complexity index is 755. The van der Waals surface area contributed by atoms with Gasteiger partial charge in [0.1, 0.15) is 0 Å². The molecule has 1 aromatic heterocycles. The lowest BCUT2D eigenvalue weighted by molar-refractivity contribution is 0.205. The predicted octanol–water partition coefficient (Wildman–Crippen LogP) is 3.64. The normalized spacial score (nSPS) is 15.7. The molecule has 0 saturated carbocycles. The van der Waals surface area contributed by atoms with Crippen LogP contribution in [-0.2, 0) is 13.0 Å². The third-order valence-corrected chi connectivity index (χ3v) is 5.23. The molecule has 1 aliphatic rings. The molecule has 2 aromatic rings. The number of benzene rings is 1. The van der Waals surface area contributed by atoms with Gasteiger partial charge in [-0.1, -0.05) is 13.3 Å². The van der Waals surface area contributed by atoms with Crippen LogP contribution in [0.2, 0.25) is 0 Å². The number of aromatic nitrogens is 1. The maximum atomic E-state index is 6.02. The van der Waals surface area contributed by atoms with Crippen LogP contribution in [0.4, 0.5) is 0 Å². The van der Waals surface area contributed by atoms with Crippen molar-refractivity contribution in [3.63, 3.8) is 0 Å². The lowest BCUT2D eigenvalue weighted by Gasteiger charge is -2.30. The van der Waals surface area contributed by atoms with Gasteiger partial charge in [0.05, 0.1) is 19.9 Å². The summed E-state index contributed by atoms with van der Waals surface area (Å²) in [7, 11) is 3.38. The highest BCUT2D eigenvalue weighted by Gasteiger charge is 2.17. The van der Waals surface area contributed by atoms with Gasteiger partial charge in [0.2, 0.25) is 0 Å². The number of aryl methyl sites for hydroxylation is 1. The zero-order chi connectivity index (χ0) is 19.2. The smallest absolute Gasteiger partial charge is 0.163 e. The largest absolute Gasteiger partial charge is 0.493 e. The van der Waals surface area contributed by atoms with Gasteiger partial charge in [-0.25, -0.2) is 0 Å². The van der Waals surface area contributed by atoms with Gasteiger partial charge in [-0.05, 0) is 67.7 Å². The van der Waals surface area contributed by atoms with E-state index in [0.29, 0.717) is 6.04 Å². The molecule has 0 atom stereocenters. The van der Waals surface area contributed by atoms with Gasteiger partial charge in [-0.3, -0.25) is 9.88 Å². The zero-order valence-electron chi connectivity index (χ0n) is 16.7. The van der Waals surface area contributed by atoms with Gasteiger partial charge >= 0.3 is 0 Å². The number of pyridine rings is 1. The van der Waals surface area contributed by atoms with Gasteiger partial charge in [-0.15, -0.1) is 0 Å². The molecule has 3 rings (SSSR count). The lowest BCUT2D eigenvalue weighted by Crippen LogP contribution is -2.39. The summed E-state index contributed by atoms with van der Waals surface area (Å²) in [5.74, 6) is 1.58. The Kier molecular flexibility index (Phi) is 6.69. The molecule has 1 fully saturated rings. The van der Waals surface area contributed by atoms with Gasteiger partial charge in [0.25, 0.3) is 0 Å². The van der Waals surface area contributed by atoms with E-state index in [2.05, 4.69) is 35.0 Å². The Hall–Kier alpha value is -2.11. The summed E-state index contributed by atoms with van der Waals surface area (Å²) in [4.78, 5) is 7.08. The van der Waals surface area contributed by atoms with E-state index >= 15 is 0 Å². The number of methoxy groups -OCH3 is 2. The van der Waals surface area contributed by atoms with E-state index in [9.17, 15) is 0 Å². The van der Waals surface area contributed by atoms with Crippen molar-refractivity contribution in [1.29, 1.82) is 0 Å². The second-order valence-electron chi connectivity index (χ2n) is 7.28. The molecule has 1 aromatic carbocycles.